The fourth-order valence-electron chi connectivity index (χ4n) is 3.17. The van der Waals surface area contributed by atoms with Gasteiger partial charge in [0.05, 0.1) is 5.75 Å². The molecule has 0 saturated heterocycles. The summed E-state index contributed by atoms with van der Waals surface area (Å²) in [7, 11) is 1.67. The number of anilines is 1. The number of aryl methyl sites for hydroxylation is 2. The predicted octanol–water partition coefficient (Wildman–Crippen LogP) is 4.66. The third kappa shape index (κ3) is 4.55. The number of nitrogens with one attached hydrogen (secondary N) is 1. The van der Waals surface area contributed by atoms with E-state index >= 15 is 0 Å². The third-order valence-electron chi connectivity index (χ3n) is 4.94. The van der Waals surface area contributed by atoms with Crippen LogP contribution in [0.25, 0.3) is 21.5 Å². The number of carbonyl (C=O) groups excluding carboxylic acids is 1. The lowest BCUT2D eigenvalue weighted by atomic mass is 10.1. The normalized spacial score (nSPS) is 11.1. The zero-order chi connectivity index (χ0) is 22.0. The van der Waals surface area contributed by atoms with Crippen molar-refractivity contribution >= 4 is 45.1 Å². The zero-order valence-electron chi connectivity index (χ0n) is 17.5. The monoisotopic (exact) mass is 450 g/mol. The molecule has 0 atom stereocenters. The van der Waals surface area contributed by atoms with Crippen molar-refractivity contribution in [3.05, 3.63) is 70.0 Å². The average Bonchev–Trinajstić information content (AvgIpc) is 3.20. The van der Waals surface area contributed by atoms with Crippen LogP contribution in [-0.4, -0.2) is 25.6 Å². The Labute approximate surface area is 188 Å². The van der Waals surface area contributed by atoms with Gasteiger partial charge in [0.2, 0.25) is 5.91 Å². The minimum atomic E-state index is -0.153. The molecule has 2 heterocycles. The molecule has 6 nitrogen and oxygen atoms in total. The van der Waals surface area contributed by atoms with Gasteiger partial charge in [-0.05, 0) is 42.6 Å². The zero-order valence-corrected chi connectivity index (χ0v) is 19.1. The van der Waals surface area contributed by atoms with E-state index in [9.17, 15) is 9.59 Å². The highest BCUT2D eigenvalue weighted by molar-refractivity contribution is 7.99. The van der Waals surface area contributed by atoms with E-state index in [4.69, 9.17) is 4.98 Å². The summed E-state index contributed by atoms with van der Waals surface area (Å²) in [6, 6.07) is 15.8. The van der Waals surface area contributed by atoms with Crippen LogP contribution < -0.4 is 10.9 Å². The van der Waals surface area contributed by atoms with Gasteiger partial charge < -0.3 is 5.32 Å². The van der Waals surface area contributed by atoms with Crippen LogP contribution in [0.15, 0.2) is 58.5 Å². The number of fused-ring (bicyclic) bond motifs is 1. The molecular formula is C23H22N4O2S2. The molecule has 2 aromatic carbocycles. The maximum Gasteiger partial charge on any atom is 0.273 e. The maximum absolute atomic E-state index is 12.8. The number of hydrogen-bond acceptors (Lipinski definition) is 6. The molecule has 0 aliphatic carbocycles. The lowest BCUT2D eigenvalue weighted by molar-refractivity contribution is -0.113. The van der Waals surface area contributed by atoms with E-state index in [1.807, 2.05) is 55.5 Å². The van der Waals surface area contributed by atoms with Crippen molar-refractivity contribution < 1.29 is 4.79 Å². The molecule has 158 valence electrons. The summed E-state index contributed by atoms with van der Waals surface area (Å²) < 4.78 is 6.48. The van der Waals surface area contributed by atoms with Gasteiger partial charge in [0, 0.05) is 18.3 Å². The van der Waals surface area contributed by atoms with Gasteiger partial charge in [-0.1, -0.05) is 60.6 Å². The standard InChI is InChI=1S/C23H22N4O2S2/c1-4-15-6-5-7-17(12-15)24-18(28)13-30-23-25-20-19(16-10-8-14(2)9-11-16)26-31-21(20)22(29)27(23)3/h5-12H,4,13H2,1-3H3,(H,24,28). The van der Waals surface area contributed by atoms with Crippen LogP contribution in [0.1, 0.15) is 18.1 Å². The van der Waals surface area contributed by atoms with Gasteiger partial charge in [-0.3, -0.25) is 14.2 Å². The third-order valence-corrected chi connectivity index (χ3v) is 6.79. The Morgan fingerprint density at radius 2 is 1.97 bits per heavy atom. The Morgan fingerprint density at radius 3 is 2.71 bits per heavy atom. The van der Waals surface area contributed by atoms with E-state index in [-0.39, 0.29) is 17.2 Å². The van der Waals surface area contributed by atoms with Crippen molar-refractivity contribution in [2.24, 2.45) is 7.05 Å². The lowest BCUT2D eigenvalue weighted by Crippen LogP contribution is -2.20. The Morgan fingerprint density at radius 1 is 1.19 bits per heavy atom. The molecule has 0 unspecified atom stereocenters. The first-order valence-electron chi connectivity index (χ1n) is 9.91. The first kappa shape index (κ1) is 21.3. The van der Waals surface area contributed by atoms with E-state index in [0.29, 0.717) is 21.1 Å². The Hall–Kier alpha value is -2.97. The molecule has 0 fully saturated rings. The molecule has 1 amide bonds. The molecule has 31 heavy (non-hydrogen) atoms. The molecule has 0 bridgehead atoms. The van der Waals surface area contributed by atoms with Gasteiger partial charge in [0.1, 0.15) is 15.9 Å². The summed E-state index contributed by atoms with van der Waals surface area (Å²) in [4.78, 5) is 30.0. The minimum Gasteiger partial charge on any atom is -0.325 e. The quantitative estimate of drug-likeness (QED) is 0.342. The molecule has 1 N–H and O–H groups in total. The van der Waals surface area contributed by atoms with E-state index in [0.717, 1.165) is 40.3 Å². The number of rotatable bonds is 6. The molecule has 0 aliphatic rings. The molecule has 0 spiro atoms. The van der Waals surface area contributed by atoms with Crippen molar-refractivity contribution in [1.29, 1.82) is 0 Å². The predicted molar refractivity (Wildman–Crippen MR) is 128 cm³/mol. The molecule has 0 aliphatic heterocycles. The summed E-state index contributed by atoms with van der Waals surface area (Å²) in [5, 5.41) is 3.40. The number of hydrogen-bond donors (Lipinski definition) is 1. The number of carbonyl (C=O) groups is 1. The molecule has 4 rings (SSSR count). The van der Waals surface area contributed by atoms with Crippen molar-refractivity contribution in [2.75, 3.05) is 11.1 Å². The van der Waals surface area contributed by atoms with Crippen LogP contribution in [0.3, 0.4) is 0 Å². The van der Waals surface area contributed by atoms with E-state index in [2.05, 4.69) is 16.6 Å². The number of thioether (sulfide) groups is 1. The largest absolute Gasteiger partial charge is 0.325 e. The summed E-state index contributed by atoms with van der Waals surface area (Å²) >= 11 is 2.40. The number of aromatic nitrogens is 3. The van der Waals surface area contributed by atoms with Gasteiger partial charge in [-0.25, -0.2) is 4.98 Å². The molecule has 8 heteroatoms. The van der Waals surface area contributed by atoms with Gasteiger partial charge in [-0.15, -0.1) is 0 Å². The highest BCUT2D eigenvalue weighted by Gasteiger charge is 2.17. The van der Waals surface area contributed by atoms with Crippen molar-refractivity contribution in [1.82, 2.24) is 13.9 Å². The maximum atomic E-state index is 12.8. The molecule has 2 aromatic heterocycles. The Bertz CT molecular complexity index is 1310. The van der Waals surface area contributed by atoms with E-state index in [1.165, 1.54) is 16.3 Å². The highest BCUT2D eigenvalue weighted by Crippen LogP contribution is 2.29. The van der Waals surface area contributed by atoms with Crippen LogP contribution in [0.2, 0.25) is 0 Å². The SMILES string of the molecule is CCc1cccc(NC(=O)CSc2nc3c(-c4ccc(C)cc4)nsc3c(=O)n2C)c1. The van der Waals surface area contributed by atoms with Crippen LogP contribution in [0.5, 0.6) is 0 Å². The Balaban J connectivity index is 1.58. The molecule has 4 aromatic rings. The van der Waals surface area contributed by atoms with E-state index < -0.39 is 0 Å². The van der Waals surface area contributed by atoms with Crippen LogP contribution in [0, 0.1) is 6.92 Å². The van der Waals surface area contributed by atoms with Gasteiger partial charge >= 0.3 is 0 Å². The van der Waals surface area contributed by atoms with Crippen LogP contribution in [-0.2, 0) is 18.3 Å². The molecule has 0 radical (unpaired) electrons. The van der Waals surface area contributed by atoms with Gasteiger partial charge in [0.25, 0.3) is 5.56 Å². The number of nitrogens with zero attached hydrogens (tertiary/aromatic N) is 3. The highest BCUT2D eigenvalue weighted by atomic mass is 32.2. The fourth-order valence-corrected chi connectivity index (χ4v) is 4.75. The van der Waals surface area contributed by atoms with Crippen LogP contribution >= 0.6 is 23.3 Å². The van der Waals surface area contributed by atoms with E-state index in [1.54, 1.807) is 7.05 Å². The molecular weight excluding hydrogens is 428 g/mol. The first-order chi connectivity index (χ1) is 15.0. The average molecular weight is 451 g/mol. The summed E-state index contributed by atoms with van der Waals surface area (Å²) in [5.74, 6) is 0.00865. The molecule has 0 saturated carbocycles. The lowest BCUT2D eigenvalue weighted by Gasteiger charge is -2.09. The second kappa shape index (κ2) is 9.03. The van der Waals surface area contributed by atoms with Gasteiger partial charge in [0.15, 0.2) is 5.16 Å². The second-order valence-corrected chi connectivity index (χ2v) is 8.94. The summed E-state index contributed by atoms with van der Waals surface area (Å²) in [6.07, 6.45) is 0.905. The summed E-state index contributed by atoms with van der Waals surface area (Å²) in [5.41, 5.74) is 5.12. The van der Waals surface area contributed by atoms with Crippen molar-refractivity contribution in [3.8, 4) is 11.3 Å². The number of amides is 1. The van der Waals surface area contributed by atoms with Crippen molar-refractivity contribution in [2.45, 2.75) is 25.4 Å². The first-order valence-corrected chi connectivity index (χ1v) is 11.7. The van der Waals surface area contributed by atoms with Crippen molar-refractivity contribution in [3.63, 3.8) is 0 Å². The second-order valence-electron chi connectivity index (χ2n) is 7.22. The topological polar surface area (TPSA) is 76.9 Å². The van der Waals surface area contributed by atoms with Crippen LogP contribution in [0.4, 0.5) is 5.69 Å². The number of benzene rings is 2. The summed E-state index contributed by atoms with van der Waals surface area (Å²) in [6.45, 7) is 4.10. The smallest absolute Gasteiger partial charge is 0.273 e. The minimum absolute atomic E-state index is 0.144. The fraction of sp³-hybridized carbons (Fsp3) is 0.217. The van der Waals surface area contributed by atoms with Gasteiger partial charge in [-0.2, -0.15) is 4.37 Å². The Kier molecular flexibility index (Phi) is 6.20.